The highest BCUT2D eigenvalue weighted by Gasteiger charge is 2.10. The molecule has 0 aliphatic rings. The first kappa shape index (κ1) is 19.5. The number of aromatic nitrogens is 1. The fraction of sp³-hybridized carbons (Fsp3) is 0.167. The van der Waals surface area contributed by atoms with Crippen LogP contribution in [0.1, 0.15) is 5.56 Å². The van der Waals surface area contributed by atoms with Gasteiger partial charge in [0.1, 0.15) is 5.52 Å². The second kappa shape index (κ2) is 9.09. The quantitative estimate of drug-likeness (QED) is 0.232. The molecule has 0 aliphatic carbocycles. The number of hydrogen-bond acceptors (Lipinski definition) is 7. The number of carbonyl (C=O) groups is 1. The monoisotopic (exact) mass is 497 g/mol. The maximum Gasteiger partial charge on any atom is 0.257 e. The number of hydrogen-bond donors (Lipinski definition) is 1. The Morgan fingerprint density at radius 2 is 2.15 bits per heavy atom. The van der Waals surface area contributed by atoms with Gasteiger partial charge in [-0.3, -0.25) is 4.79 Å². The van der Waals surface area contributed by atoms with Crippen molar-refractivity contribution in [2.24, 2.45) is 5.10 Å². The van der Waals surface area contributed by atoms with Gasteiger partial charge in [-0.1, -0.05) is 23.9 Å². The minimum Gasteiger partial charge on any atom is -0.493 e. The molecule has 0 aliphatic heterocycles. The minimum atomic E-state index is -0.256. The van der Waals surface area contributed by atoms with Gasteiger partial charge in [-0.05, 0) is 52.4 Å². The molecule has 9 heteroatoms. The molecule has 2 aromatic carbocycles. The summed E-state index contributed by atoms with van der Waals surface area (Å²) in [5, 5.41) is 4.43. The molecule has 0 fully saturated rings. The molecule has 7 nitrogen and oxygen atoms in total. The maximum absolute atomic E-state index is 12.0. The lowest BCUT2D eigenvalue weighted by molar-refractivity contribution is -0.118. The number of hydrazone groups is 1. The van der Waals surface area contributed by atoms with Crippen molar-refractivity contribution < 1.29 is 18.7 Å². The Labute approximate surface area is 173 Å². The number of fused-ring (bicyclic) bond motifs is 1. The van der Waals surface area contributed by atoms with Crippen LogP contribution in [0.15, 0.2) is 51.1 Å². The number of ether oxygens (including phenoxy) is 2. The molecular weight excluding hydrogens is 481 g/mol. The fourth-order valence-corrected chi connectivity index (χ4v) is 3.74. The van der Waals surface area contributed by atoms with Crippen molar-refractivity contribution in [1.82, 2.24) is 10.4 Å². The van der Waals surface area contributed by atoms with Crippen molar-refractivity contribution in [3.63, 3.8) is 0 Å². The Kier molecular flexibility index (Phi) is 6.56. The highest BCUT2D eigenvalue weighted by molar-refractivity contribution is 14.1. The zero-order valence-electron chi connectivity index (χ0n) is 14.6. The number of rotatable bonds is 7. The molecule has 0 saturated heterocycles. The third-order valence-corrected chi connectivity index (χ3v) is 5.09. The molecule has 1 aromatic heterocycles. The van der Waals surface area contributed by atoms with E-state index >= 15 is 0 Å². The Bertz CT molecular complexity index is 957. The number of methoxy groups -OCH3 is 2. The summed E-state index contributed by atoms with van der Waals surface area (Å²) >= 11 is 3.36. The van der Waals surface area contributed by atoms with Crippen molar-refractivity contribution in [2.45, 2.75) is 5.22 Å². The van der Waals surface area contributed by atoms with Crippen LogP contribution in [0.3, 0.4) is 0 Å². The van der Waals surface area contributed by atoms with E-state index in [2.05, 4.69) is 38.1 Å². The van der Waals surface area contributed by atoms with E-state index in [4.69, 9.17) is 13.9 Å². The van der Waals surface area contributed by atoms with E-state index in [0.717, 1.165) is 14.7 Å². The summed E-state index contributed by atoms with van der Waals surface area (Å²) in [4.78, 5) is 16.3. The normalized spacial score (nSPS) is 11.1. The number of nitrogens with one attached hydrogen (secondary N) is 1. The number of oxazole rings is 1. The molecule has 0 spiro atoms. The number of benzene rings is 2. The van der Waals surface area contributed by atoms with Crippen LogP contribution in [0.2, 0.25) is 0 Å². The average molecular weight is 497 g/mol. The van der Waals surface area contributed by atoms with Gasteiger partial charge in [-0.2, -0.15) is 5.10 Å². The van der Waals surface area contributed by atoms with Gasteiger partial charge in [0.25, 0.3) is 11.1 Å². The molecule has 1 heterocycles. The van der Waals surface area contributed by atoms with Gasteiger partial charge in [0.2, 0.25) is 0 Å². The highest BCUT2D eigenvalue weighted by atomic mass is 127. The Morgan fingerprint density at radius 1 is 1.33 bits per heavy atom. The fourth-order valence-electron chi connectivity index (χ4n) is 2.26. The summed E-state index contributed by atoms with van der Waals surface area (Å²) in [5.74, 6) is 1.15. The van der Waals surface area contributed by atoms with Crippen LogP contribution in [0.25, 0.3) is 11.1 Å². The Balaban J connectivity index is 1.56. The molecule has 1 N–H and O–H groups in total. The highest BCUT2D eigenvalue weighted by Crippen LogP contribution is 2.33. The average Bonchev–Trinajstić information content (AvgIpc) is 3.09. The predicted octanol–water partition coefficient (Wildman–Crippen LogP) is 3.69. The lowest BCUT2D eigenvalue weighted by atomic mass is 10.2. The standard InChI is InChI=1S/C18H16IN3O4S/c1-24-15-8-11(7-12(19)17(15)25-2)9-20-22-16(23)10-27-18-21-13-5-3-4-6-14(13)26-18/h3-9H,10H2,1-2H3,(H,22,23)/b20-9-. The summed E-state index contributed by atoms with van der Waals surface area (Å²) in [6.07, 6.45) is 1.55. The van der Waals surface area contributed by atoms with Gasteiger partial charge in [0.05, 0.1) is 29.8 Å². The number of nitrogens with zero attached hydrogens (tertiary/aromatic N) is 2. The lowest BCUT2D eigenvalue weighted by Gasteiger charge is -2.10. The molecule has 140 valence electrons. The summed E-state index contributed by atoms with van der Waals surface area (Å²) < 4.78 is 17.0. The Hall–Kier alpha value is -2.27. The molecular formula is C18H16IN3O4S. The zero-order chi connectivity index (χ0) is 19.2. The van der Waals surface area contributed by atoms with E-state index in [0.29, 0.717) is 22.3 Å². The molecule has 27 heavy (non-hydrogen) atoms. The molecule has 0 unspecified atom stereocenters. The van der Waals surface area contributed by atoms with Crippen LogP contribution < -0.4 is 14.9 Å². The van der Waals surface area contributed by atoms with Crippen LogP contribution in [0, 0.1) is 3.57 Å². The van der Waals surface area contributed by atoms with Crippen molar-refractivity contribution in [3.8, 4) is 11.5 Å². The van der Waals surface area contributed by atoms with E-state index in [9.17, 15) is 4.79 Å². The van der Waals surface area contributed by atoms with E-state index < -0.39 is 0 Å². The van der Waals surface area contributed by atoms with Crippen molar-refractivity contribution in [1.29, 1.82) is 0 Å². The first-order chi connectivity index (χ1) is 13.1. The molecule has 0 atom stereocenters. The van der Waals surface area contributed by atoms with E-state index in [1.54, 1.807) is 26.5 Å². The summed E-state index contributed by atoms with van der Waals surface area (Å²) in [6.45, 7) is 0. The number of carbonyl (C=O) groups excluding carboxylic acids is 1. The first-order valence-corrected chi connectivity index (χ1v) is 9.89. The predicted molar refractivity (Wildman–Crippen MR) is 113 cm³/mol. The van der Waals surface area contributed by atoms with E-state index in [1.165, 1.54) is 11.8 Å². The maximum atomic E-state index is 12.0. The van der Waals surface area contributed by atoms with Gasteiger partial charge in [-0.25, -0.2) is 10.4 Å². The molecule has 0 bridgehead atoms. The van der Waals surface area contributed by atoms with Gasteiger partial charge >= 0.3 is 0 Å². The van der Waals surface area contributed by atoms with Gasteiger partial charge in [-0.15, -0.1) is 0 Å². The smallest absolute Gasteiger partial charge is 0.257 e. The third kappa shape index (κ3) is 4.92. The zero-order valence-corrected chi connectivity index (χ0v) is 17.5. The first-order valence-electron chi connectivity index (χ1n) is 7.82. The second-order valence-electron chi connectivity index (χ2n) is 5.27. The van der Waals surface area contributed by atoms with E-state index in [-0.39, 0.29) is 11.7 Å². The van der Waals surface area contributed by atoms with Gasteiger partial charge < -0.3 is 13.9 Å². The number of para-hydroxylation sites is 2. The summed E-state index contributed by atoms with van der Waals surface area (Å²) in [5.41, 5.74) is 4.73. The molecule has 0 radical (unpaired) electrons. The summed E-state index contributed by atoms with van der Waals surface area (Å²) in [6, 6.07) is 11.1. The lowest BCUT2D eigenvalue weighted by Crippen LogP contribution is -2.19. The van der Waals surface area contributed by atoms with Crippen molar-refractivity contribution in [2.75, 3.05) is 20.0 Å². The van der Waals surface area contributed by atoms with Crippen LogP contribution in [-0.4, -0.2) is 37.1 Å². The third-order valence-electron chi connectivity index (χ3n) is 3.46. The van der Waals surface area contributed by atoms with Gasteiger partial charge in [0.15, 0.2) is 17.1 Å². The number of amides is 1. The molecule has 3 rings (SSSR count). The number of thioether (sulfide) groups is 1. The number of halogens is 1. The largest absolute Gasteiger partial charge is 0.493 e. The van der Waals surface area contributed by atoms with Gasteiger partial charge in [0, 0.05) is 0 Å². The SMILES string of the molecule is COc1cc(/C=N\NC(=O)CSc2nc3ccccc3o2)cc(I)c1OC. The molecule has 0 saturated carbocycles. The van der Waals surface area contributed by atoms with Crippen LogP contribution in [-0.2, 0) is 4.79 Å². The Morgan fingerprint density at radius 3 is 2.89 bits per heavy atom. The second-order valence-corrected chi connectivity index (χ2v) is 7.36. The van der Waals surface area contributed by atoms with Crippen LogP contribution in [0.5, 0.6) is 11.5 Å². The van der Waals surface area contributed by atoms with E-state index in [1.807, 2.05) is 30.3 Å². The summed E-state index contributed by atoms with van der Waals surface area (Å²) in [7, 11) is 3.16. The molecule has 3 aromatic rings. The van der Waals surface area contributed by atoms with Crippen molar-refractivity contribution >= 4 is 57.6 Å². The van der Waals surface area contributed by atoms with Crippen LogP contribution in [0.4, 0.5) is 0 Å². The van der Waals surface area contributed by atoms with Crippen molar-refractivity contribution in [3.05, 3.63) is 45.5 Å². The topological polar surface area (TPSA) is 86.0 Å². The van der Waals surface area contributed by atoms with Crippen LogP contribution >= 0.6 is 34.4 Å². The minimum absolute atomic E-state index is 0.146. The molecule has 1 amide bonds.